The van der Waals surface area contributed by atoms with Gasteiger partial charge in [-0.1, -0.05) is 0 Å². The Hall–Kier alpha value is -3.57. The standard InChI is InChI=1S/C23H22N4O5S2/c1-23(2,3)34(29,30)20-10-15-16(11-18(20)32-8-7-21(28)31-4)24-12-25-22(15)27-14-5-6-19-17(9-14)26-13-33-19/h5-13H,1-4H3,(H,24,25,27). The minimum absolute atomic E-state index is 0.0381. The summed E-state index contributed by atoms with van der Waals surface area (Å²) in [7, 11) is -2.60. The van der Waals surface area contributed by atoms with Crippen molar-refractivity contribution in [3.63, 3.8) is 0 Å². The van der Waals surface area contributed by atoms with Gasteiger partial charge in [-0.2, -0.15) is 0 Å². The molecule has 0 amide bonds. The number of hydrogen-bond acceptors (Lipinski definition) is 10. The van der Waals surface area contributed by atoms with Gasteiger partial charge in [0.2, 0.25) is 0 Å². The number of aromatic nitrogens is 3. The number of nitrogens with zero attached hydrogens (tertiary/aromatic N) is 3. The highest BCUT2D eigenvalue weighted by molar-refractivity contribution is 7.92. The molecule has 0 unspecified atom stereocenters. The molecule has 1 N–H and O–H groups in total. The molecule has 0 saturated carbocycles. The number of esters is 1. The smallest absolute Gasteiger partial charge is 0.333 e. The van der Waals surface area contributed by atoms with E-state index in [1.54, 1.807) is 37.6 Å². The summed E-state index contributed by atoms with van der Waals surface area (Å²) in [5.41, 5.74) is 3.83. The summed E-state index contributed by atoms with van der Waals surface area (Å²) in [4.78, 5) is 24.3. The first-order chi connectivity index (χ1) is 16.1. The van der Waals surface area contributed by atoms with E-state index in [0.29, 0.717) is 16.7 Å². The van der Waals surface area contributed by atoms with Crippen molar-refractivity contribution >= 4 is 59.8 Å². The van der Waals surface area contributed by atoms with E-state index in [2.05, 4.69) is 25.0 Å². The Labute approximate surface area is 200 Å². The molecule has 2 heterocycles. The van der Waals surface area contributed by atoms with Gasteiger partial charge < -0.3 is 14.8 Å². The fourth-order valence-corrected chi connectivity index (χ4v) is 5.06. The van der Waals surface area contributed by atoms with E-state index in [4.69, 9.17) is 4.74 Å². The Balaban J connectivity index is 1.84. The minimum atomic E-state index is -3.83. The molecule has 0 aliphatic heterocycles. The van der Waals surface area contributed by atoms with Crippen LogP contribution in [0.5, 0.6) is 5.75 Å². The number of anilines is 2. The summed E-state index contributed by atoms with van der Waals surface area (Å²) >= 11 is 1.54. The molecule has 0 aliphatic rings. The van der Waals surface area contributed by atoms with Crippen LogP contribution in [0.4, 0.5) is 11.5 Å². The van der Waals surface area contributed by atoms with E-state index < -0.39 is 20.6 Å². The first-order valence-electron chi connectivity index (χ1n) is 10.1. The van der Waals surface area contributed by atoms with Gasteiger partial charge in [-0.05, 0) is 45.0 Å². The van der Waals surface area contributed by atoms with Crippen LogP contribution in [-0.4, -0.2) is 41.2 Å². The normalized spacial score (nSPS) is 12.4. The predicted octanol–water partition coefficient (Wildman–Crippen LogP) is 4.62. The summed E-state index contributed by atoms with van der Waals surface area (Å²) in [5.74, 6) is -0.162. The molecule has 4 aromatic rings. The molecule has 0 radical (unpaired) electrons. The average Bonchev–Trinajstić information content (AvgIpc) is 3.25. The van der Waals surface area contributed by atoms with Gasteiger partial charge in [0.25, 0.3) is 0 Å². The Kier molecular flexibility index (Phi) is 6.24. The zero-order chi connectivity index (χ0) is 24.5. The highest BCUT2D eigenvalue weighted by Gasteiger charge is 2.34. The van der Waals surface area contributed by atoms with Gasteiger partial charge in [0, 0.05) is 17.1 Å². The van der Waals surface area contributed by atoms with Crippen LogP contribution in [0.2, 0.25) is 0 Å². The molecule has 9 nitrogen and oxygen atoms in total. The highest BCUT2D eigenvalue weighted by atomic mass is 32.2. The molecule has 0 bridgehead atoms. The van der Waals surface area contributed by atoms with Crippen LogP contribution < -0.4 is 10.1 Å². The number of fused-ring (bicyclic) bond motifs is 2. The summed E-state index contributed by atoms with van der Waals surface area (Å²) in [6.07, 6.45) is 3.51. The molecule has 0 saturated heterocycles. The maximum absolute atomic E-state index is 13.4. The van der Waals surface area contributed by atoms with Crippen LogP contribution in [0.3, 0.4) is 0 Å². The number of nitrogens with one attached hydrogen (secondary N) is 1. The molecule has 2 aromatic carbocycles. The monoisotopic (exact) mass is 498 g/mol. The minimum Gasteiger partial charge on any atom is -0.466 e. The highest BCUT2D eigenvalue weighted by Crippen LogP contribution is 2.37. The Morgan fingerprint density at radius 2 is 1.88 bits per heavy atom. The molecule has 0 fully saturated rings. The maximum atomic E-state index is 13.4. The van der Waals surface area contributed by atoms with Crippen LogP contribution in [0.15, 0.2) is 59.4 Å². The molecule has 0 atom stereocenters. The Bertz CT molecular complexity index is 1520. The Morgan fingerprint density at radius 3 is 2.62 bits per heavy atom. The summed E-state index contributed by atoms with van der Waals surface area (Å²) in [5, 5.41) is 3.73. The fraction of sp³-hybridized carbons (Fsp3) is 0.217. The molecule has 11 heteroatoms. The van der Waals surface area contributed by atoms with Gasteiger partial charge in [0.15, 0.2) is 9.84 Å². The van der Waals surface area contributed by atoms with Crippen LogP contribution >= 0.6 is 11.3 Å². The second-order valence-electron chi connectivity index (χ2n) is 8.26. The van der Waals surface area contributed by atoms with Gasteiger partial charge in [0.05, 0.1) is 45.4 Å². The SMILES string of the molecule is COC(=O)C=COc1cc2ncnc(Nc3ccc4scnc4c3)c2cc1S(=O)(=O)C(C)(C)C. The number of hydrogen-bond donors (Lipinski definition) is 1. The van der Waals surface area contributed by atoms with Crippen LogP contribution in [0.25, 0.3) is 21.1 Å². The molecular formula is C23H22N4O5S2. The van der Waals surface area contributed by atoms with Crippen LogP contribution in [0, 0.1) is 0 Å². The summed E-state index contributed by atoms with van der Waals surface area (Å²) < 4.78 is 36.8. The van der Waals surface area contributed by atoms with Gasteiger partial charge in [-0.3, -0.25) is 0 Å². The van der Waals surface area contributed by atoms with Gasteiger partial charge in [0.1, 0.15) is 22.8 Å². The topological polar surface area (TPSA) is 120 Å². The van der Waals surface area contributed by atoms with Crippen molar-refractivity contribution in [2.75, 3.05) is 12.4 Å². The third-order valence-corrected chi connectivity index (χ3v) is 8.31. The fourth-order valence-electron chi connectivity index (χ4n) is 3.10. The number of thiazole rings is 1. The number of sulfone groups is 1. The van der Waals surface area contributed by atoms with E-state index in [9.17, 15) is 13.2 Å². The van der Waals surface area contributed by atoms with Gasteiger partial charge in [-0.25, -0.2) is 28.2 Å². The van der Waals surface area contributed by atoms with Gasteiger partial charge in [-0.15, -0.1) is 11.3 Å². The Morgan fingerprint density at radius 1 is 1.09 bits per heavy atom. The molecule has 0 aliphatic carbocycles. The molecule has 4 rings (SSSR count). The van der Waals surface area contributed by atoms with Crippen molar-refractivity contribution < 1.29 is 22.7 Å². The molecule has 2 aromatic heterocycles. The first-order valence-corrected chi connectivity index (χ1v) is 12.5. The average molecular weight is 499 g/mol. The third kappa shape index (κ3) is 4.57. The van der Waals surface area contributed by atoms with E-state index in [-0.39, 0.29) is 10.6 Å². The van der Waals surface area contributed by atoms with E-state index in [0.717, 1.165) is 28.2 Å². The summed E-state index contributed by atoms with van der Waals surface area (Å²) in [6.45, 7) is 4.80. The maximum Gasteiger partial charge on any atom is 0.333 e. The number of rotatable bonds is 6. The lowest BCUT2D eigenvalue weighted by atomic mass is 10.2. The molecule has 34 heavy (non-hydrogen) atoms. The van der Waals surface area contributed by atoms with Crippen molar-refractivity contribution in [2.45, 2.75) is 30.4 Å². The molecule has 0 spiro atoms. The van der Waals surface area contributed by atoms with Crippen LogP contribution in [-0.2, 0) is 19.4 Å². The molecular weight excluding hydrogens is 476 g/mol. The van der Waals surface area contributed by atoms with E-state index >= 15 is 0 Å². The second-order valence-corrected chi connectivity index (χ2v) is 11.8. The predicted molar refractivity (Wildman–Crippen MR) is 131 cm³/mol. The van der Waals surface area contributed by atoms with Crippen molar-refractivity contribution in [1.29, 1.82) is 0 Å². The van der Waals surface area contributed by atoms with Crippen molar-refractivity contribution in [3.8, 4) is 5.75 Å². The number of benzene rings is 2. The van der Waals surface area contributed by atoms with Crippen molar-refractivity contribution in [2.24, 2.45) is 0 Å². The second kappa shape index (κ2) is 8.99. The third-order valence-electron chi connectivity index (χ3n) is 4.99. The van der Waals surface area contributed by atoms with Crippen LogP contribution in [0.1, 0.15) is 20.8 Å². The van der Waals surface area contributed by atoms with E-state index in [1.165, 1.54) is 25.6 Å². The quantitative estimate of drug-likeness (QED) is 0.231. The number of carbonyl (C=O) groups is 1. The van der Waals surface area contributed by atoms with Crippen molar-refractivity contribution in [3.05, 3.63) is 54.5 Å². The number of ether oxygens (including phenoxy) is 2. The lowest BCUT2D eigenvalue weighted by Crippen LogP contribution is -2.28. The zero-order valence-electron chi connectivity index (χ0n) is 18.9. The van der Waals surface area contributed by atoms with Gasteiger partial charge >= 0.3 is 5.97 Å². The number of carbonyl (C=O) groups excluding carboxylic acids is 1. The summed E-state index contributed by atoms with van der Waals surface area (Å²) in [6, 6.07) is 8.73. The molecule has 176 valence electrons. The van der Waals surface area contributed by atoms with E-state index in [1.807, 2.05) is 18.2 Å². The first kappa shape index (κ1) is 23.6. The van der Waals surface area contributed by atoms with Crippen molar-refractivity contribution in [1.82, 2.24) is 15.0 Å². The lowest BCUT2D eigenvalue weighted by Gasteiger charge is -2.21. The lowest BCUT2D eigenvalue weighted by molar-refractivity contribution is -0.134. The number of methoxy groups -OCH3 is 1. The largest absolute Gasteiger partial charge is 0.466 e. The zero-order valence-corrected chi connectivity index (χ0v) is 20.5.